The van der Waals surface area contributed by atoms with Crippen LogP contribution >= 0.6 is 0 Å². The lowest BCUT2D eigenvalue weighted by Gasteiger charge is -2.36. The molecular formula is C23H31N3O4. The zero-order chi connectivity index (χ0) is 21.1. The molecule has 0 radical (unpaired) electrons. The van der Waals surface area contributed by atoms with E-state index in [-0.39, 0.29) is 42.9 Å². The predicted molar refractivity (Wildman–Crippen MR) is 112 cm³/mol. The molecule has 1 saturated carbocycles. The lowest BCUT2D eigenvalue weighted by Crippen LogP contribution is -2.56. The van der Waals surface area contributed by atoms with Crippen molar-refractivity contribution in [2.75, 3.05) is 20.2 Å². The molecule has 3 fully saturated rings. The number of rotatable bonds is 5. The van der Waals surface area contributed by atoms with Crippen molar-refractivity contribution < 1.29 is 19.1 Å². The fourth-order valence-corrected chi connectivity index (χ4v) is 4.94. The Morgan fingerprint density at radius 1 is 1.10 bits per heavy atom. The van der Waals surface area contributed by atoms with Crippen molar-refractivity contribution in [3.63, 3.8) is 0 Å². The minimum Gasteiger partial charge on any atom is -0.496 e. The third-order valence-electron chi connectivity index (χ3n) is 6.59. The van der Waals surface area contributed by atoms with E-state index in [1.54, 1.807) is 35.1 Å². The van der Waals surface area contributed by atoms with E-state index in [1.807, 2.05) is 0 Å². The van der Waals surface area contributed by atoms with Crippen LogP contribution < -0.4 is 10.1 Å². The third-order valence-corrected chi connectivity index (χ3v) is 6.59. The second kappa shape index (κ2) is 9.06. The van der Waals surface area contributed by atoms with E-state index in [9.17, 15) is 14.4 Å². The zero-order valence-electron chi connectivity index (χ0n) is 17.7. The first-order chi connectivity index (χ1) is 14.6. The largest absolute Gasteiger partial charge is 0.496 e. The highest BCUT2D eigenvalue weighted by molar-refractivity contribution is 5.96. The number of carbonyl (C=O) groups excluding carboxylic acids is 3. The molecule has 1 atom stereocenters. The molecule has 2 saturated heterocycles. The van der Waals surface area contributed by atoms with Crippen LogP contribution in [-0.2, 0) is 16.1 Å². The number of amides is 3. The maximum absolute atomic E-state index is 12.9. The van der Waals surface area contributed by atoms with Gasteiger partial charge < -0.3 is 19.9 Å². The normalized spacial score (nSPS) is 22.6. The molecule has 1 aliphatic carbocycles. The van der Waals surface area contributed by atoms with E-state index in [2.05, 4.69) is 5.32 Å². The minimum absolute atomic E-state index is 0.00155. The van der Waals surface area contributed by atoms with Gasteiger partial charge in [0, 0.05) is 30.3 Å². The first-order valence-corrected chi connectivity index (χ1v) is 11.1. The number of methoxy groups -OCH3 is 1. The van der Waals surface area contributed by atoms with Crippen molar-refractivity contribution >= 4 is 17.7 Å². The molecule has 7 heteroatoms. The molecule has 0 aromatic heterocycles. The molecule has 7 nitrogen and oxygen atoms in total. The van der Waals surface area contributed by atoms with Crippen molar-refractivity contribution in [1.82, 2.24) is 15.1 Å². The third kappa shape index (κ3) is 4.30. The Morgan fingerprint density at radius 2 is 1.87 bits per heavy atom. The van der Waals surface area contributed by atoms with Crippen LogP contribution in [0.5, 0.6) is 5.75 Å². The Labute approximate surface area is 177 Å². The monoisotopic (exact) mass is 413 g/mol. The number of carbonyl (C=O) groups is 3. The van der Waals surface area contributed by atoms with Gasteiger partial charge in [0.05, 0.1) is 7.11 Å². The lowest BCUT2D eigenvalue weighted by atomic mass is 10.0. The van der Waals surface area contributed by atoms with Crippen molar-refractivity contribution in [2.24, 2.45) is 0 Å². The summed E-state index contributed by atoms with van der Waals surface area (Å²) in [5.74, 6) is 0.518. The van der Waals surface area contributed by atoms with Crippen LogP contribution in [0.25, 0.3) is 0 Å². The zero-order valence-corrected chi connectivity index (χ0v) is 17.7. The molecule has 0 unspecified atom stereocenters. The number of ether oxygens (including phenoxy) is 1. The van der Waals surface area contributed by atoms with E-state index < -0.39 is 0 Å². The van der Waals surface area contributed by atoms with Gasteiger partial charge in [0.1, 0.15) is 18.3 Å². The molecular weight excluding hydrogens is 382 g/mol. The summed E-state index contributed by atoms with van der Waals surface area (Å²) < 4.78 is 5.47. The van der Waals surface area contributed by atoms with Crippen molar-refractivity contribution in [3.05, 3.63) is 29.3 Å². The van der Waals surface area contributed by atoms with Crippen LogP contribution in [0.15, 0.2) is 18.2 Å². The lowest BCUT2D eigenvalue weighted by molar-refractivity contribution is -0.154. The molecule has 3 aliphatic rings. The predicted octanol–water partition coefficient (Wildman–Crippen LogP) is 2.48. The summed E-state index contributed by atoms with van der Waals surface area (Å²) in [7, 11) is 1.58. The number of nitrogens with zero attached hydrogens (tertiary/aromatic N) is 2. The summed E-state index contributed by atoms with van der Waals surface area (Å²) in [6.45, 7) is 1.02. The summed E-state index contributed by atoms with van der Waals surface area (Å²) in [5.41, 5.74) is 1.31. The summed E-state index contributed by atoms with van der Waals surface area (Å²) in [4.78, 5) is 41.5. The van der Waals surface area contributed by atoms with Gasteiger partial charge in [-0.15, -0.1) is 0 Å². The average molecular weight is 414 g/mol. The van der Waals surface area contributed by atoms with Crippen LogP contribution in [0.2, 0.25) is 0 Å². The molecule has 0 bridgehead atoms. The molecule has 1 aromatic carbocycles. The fraction of sp³-hybridized carbons (Fsp3) is 0.609. The molecule has 4 rings (SSSR count). The van der Waals surface area contributed by atoms with Gasteiger partial charge in [0.15, 0.2) is 0 Å². The number of benzene rings is 1. The van der Waals surface area contributed by atoms with Crippen molar-refractivity contribution in [2.45, 2.75) is 70.0 Å². The second-order valence-electron chi connectivity index (χ2n) is 8.63. The Hall–Kier alpha value is -2.57. The van der Waals surface area contributed by atoms with Crippen LogP contribution in [0.3, 0.4) is 0 Å². The smallest absolute Gasteiger partial charge is 0.251 e. The van der Waals surface area contributed by atoms with Gasteiger partial charge in [0.25, 0.3) is 5.91 Å². The maximum atomic E-state index is 12.9. The summed E-state index contributed by atoms with van der Waals surface area (Å²) in [5, 5.41) is 3.17. The molecule has 162 valence electrons. The average Bonchev–Trinajstić information content (AvgIpc) is 3.11. The molecule has 30 heavy (non-hydrogen) atoms. The number of nitrogens with one attached hydrogen (secondary N) is 1. The fourth-order valence-electron chi connectivity index (χ4n) is 4.94. The number of hydrogen-bond acceptors (Lipinski definition) is 4. The Bertz CT molecular complexity index is 817. The maximum Gasteiger partial charge on any atom is 0.251 e. The van der Waals surface area contributed by atoms with Gasteiger partial charge >= 0.3 is 0 Å². The van der Waals surface area contributed by atoms with Crippen molar-refractivity contribution in [1.29, 1.82) is 0 Å². The highest BCUT2D eigenvalue weighted by Gasteiger charge is 2.42. The van der Waals surface area contributed by atoms with Gasteiger partial charge in [-0.25, -0.2) is 0 Å². The molecule has 0 spiro atoms. The van der Waals surface area contributed by atoms with E-state index >= 15 is 0 Å². The van der Waals surface area contributed by atoms with Crippen LogP contribution in [0.4, 0.5) is 0 Å². The molecule has 2 aliphatic heterocycles. The number of piperazine rings is 1. The first-order valence-electron chi connectivity index (χ1n) is 11.1. The van der Waals surface area contributed by atoms with Crippen LogP contribution in [0.1, 0.15) is 67.3 Å². The Kier molecular flexibility index (Phi) is 6.25. The van der Waals surface area contributed by atoms with Crippen LogP contribution in [0, 0.1) is 0 Å². The van der Waals surface area contributed by atoms with Gasteiger partial charge in [-0.05, 0) is 43.9 Å². The molecule has 2 heterocycles. The SMILES string of the molecule is COc1ccc(C(=O)NC2CCCCCC2)cc1CN1CC(=O)N2CCC[C@@H]2C1=O. The van der Waals surface area contributed by atoms with E-state index in [0.717, 1.165) is 44.1 Å². The molecule has 1 N–H and O–H groups in total. The molecule has 3 amide bonds. The van der Waals surface area contributed by atoms with E-state index in [1.165, 1.54) is 12.8 Å². The minimum atomic E-state index is -0.334. The Balaban J connectivity index is 1.49. The number of fused-ring (bicyclic) bond motifs is 1. The highest BCUT2D eigenvalue weighted by atomic mass is 16.5. The Morgan fingerprint density at radius 3 is 2.60 bits per heavy atom. The van der Waals surface area contributed by atoms with E-state index in [0.29, 0.717) is 17.9 Å². The number of hydrogen-bond donors (Lipinski definition) is 1. The second-order valence-corrected chi connectivity index (χ2v) is 8.63. The molecule has 1 aromatic rings. The first kappa shape index (κ1) is 20.7. The summed E-state index contributed by atoms with van der Waals surface area (Å²) in [6, 6.07) is 5.22. The van der Waals surface area contributed by atoms with E-state index in [4.69, 9.17) is 4.74 Å². The quantitative estimate of drug-likeness (QED) is 0.753. The van der Waals surface area contributed by atoms with Gasteiger partial charge in [-0.2, -0.15) is 0 Å². The van der Waals surface area contributed by atoms with Crippen LogP contribution in [-0.4, -0.2) is 59.8 Å². The van der Waals surface area contributed by atoms with Gasteiger partial charge in [-0.3, -0.25) is 14.4 Å². The highest BCUT2D eigenvalue weighted by Crippen LogP contribution is 2.28. The van der Waals surface area contributed by atoms with Gasteiger partial charge in [-0.1, -0.05) is 25.7 Å². The van der Waals surface area contributed by atoms with Gasteiger partial charge in [0.2, 0.25) is 11.8 Å². The van der Waals surface area contributed by atoms with Crippen molar-refractivity contribution in [3.8, 4) is 5.75 Å². The summed E-state index contributed by atoms with van der Waals surface area (Å²) >= 11 is 0. The topological polar surface area (TPSA) is 79.0 Å². The summed E-state index contributed by atoms with van der Waals surface area (Å²) in [6.07, 6.45) is 8.43. The standard InChI is InChI=1S/C23H31N3O4/c1-30-20-11-10-16(22(28)24-18-7-4-2-3-5-8-18)13-17(20)14-25-15-21(27)26-12-6-9-19(26)23(25)29/h10-11,13,18-19H,2-9,12,14-15H2,1H3,(H,24,28)/t19-/m1/s1.